The molecule has 4 aromatic rings. The molecule has 2 aliphatic heterocycles. The van der Waals surface area contributed by atoms with Crippen LogP contribution in [0.5, 0.6) is 0 Å². The largest absolute Gasteiger partial charge is 0.370 e. The summed E-state index contributed by atoms with van der Waals surface area (Å²) in [6.45, 7) is 5.61. The Morgan fingerprint density at radius 2 is 1.21 bits per heavy atom. The third-order valence-electron chi connectivity index (χ3n) is 9.27. The lowest BCUT2D eigenvalue weighted by Gasteiger charge is -2.17. The van der Waals surface area contributed by atoms with Crippen molar-refractivity contribution in [3.05, 3.63) is 100 Å². The van der Waals surface area contributed by atoms with Crippen LogP contribution in [0.1, 0.15) is 101 Å². The maximum atomic E-state index is 11.9. The first-order valence-electron chi connectivity index (χ1n) is 19.5. The number of Topliss-reactive ketones (excluding diaryl/α,β-unsaturated/α-hetero) is 1. The first-order valence-corrected chi connectivity index (χ1v) is 21.2. The zero-order valence-corrected chi connectivity index (χ0v) is 34.4. The van der Waals surface area contributed by atoms with Crippen molar-refractivity contribution >= 4 is 43.2 Å². The highest BCUT2D eigenvalue weighted by Gasteiger charge is 2.25. The molecule has 304 valence electrons. The van der Waals surface area contributed by atoms with Gasteiger partial charge in [0.15, 0.2) is 12.1 Å². The lowest BCUT2D eigenvalue weighted by Crippen LogP contribution is -2.14. The molecule has 0 aromatic carbocycles. The van der Waals surface area contributed by atoms with E-state index < -0.39 is 7.60 Å². The van der Waals surface area contributed by atoms with E-state index in [0.717, 1.165) is 112 Å². The van der Waals surface area contributed by atoms with E-state index in [1.807, 2.05) is 6.92 Å². The summed E-state index contributed by atoms with van der Waals surface area (Å²) in [5.74, 6) is 3.52. The number of carbonyl (C=O) groups excluding carboxylic acids is 3. The zero-order chi connectivity index (χ0) is 40.9. The third kappa shape index (κ3) is 16.2. The van der Waals surface area contributed by atoms with Crippen LogP contribution in [-0.4, -0.2) is 81.2 Å². The number of aldehydes is 1. The number of anilines is 2. The minimum Gasteiger partial charge on any atom is -0.370 e. The molecule has 0 saturated heterocycles. The van der Waals surface area contributed by atoms with Gasteiger partial charge in [-0.15, -0.1) is 0 Å². The first kappa shape index (κ1) is 44.7. The number of hydrogen-bond acceptors (Lipinski definition) is 14. The summed E-state index contributed by atoms with van der Waals surface area (Å²) in [5.41, 5.74) is 6.11. The Hall–Kier alpha value is -5.04. The number of unbranched alkanes of at least 4 members (excludes halogenated alkanes) is 2. The molecule has 4 aromatic heterocycles. The lowest BCUT2D eigenvalue weighted by molar-refractivity contribution is -0.117. The number of rotatable bonds is 17. The van der Waals surface area contributed by atoms with Gasteiger partial charge in [-0.25, -0.2) is 29.9 Å². The van der Waals surface area contributed by atoms with Gasteiger partial charge in [0.2, 0.25) is 0 Å². The SMILES string of the molecule is COP(=O)(CC(=O)CCCCc1ccc2c(n1)NCCC2)OC.Cc1ncc(/C=C/C(=O)CCCCc2ccc3c(n2)NCCC3)cn1.Cc1ncc(C=O)cn1. The van der Waals surface area contributed by atoms with Gasteiger partial charge < -0.3 is 19.7 Å². The molecule has 0 amide bonds. The van der Waals surface area contributed by atoms with Gasteiger partial charge in [-0.05, 0) is 113 Å². The van der Waals surface area contributed by atoms with E-state index in [-0.39, 0.29) is 17.7 Å². The minimum atomic E-state index is -3.23. The van der Waals surface area contributed by atoms with Gasteiger partial charge in [-0.1, -0.05) is 12.1 Å². The zero-order valence-electron chi connectivity index (χ0n) is 33.5. The monoisotopic (exact) mass is 798 g/mol. The number of nitrogens with one attached hydrogen (secondary N) is 2. The molecule has 0 saturated carbocycles. The highest BCUT2D eigenvalue weighted by atomic mass is 31.2. The Bertz CT molecular complexity index is 1970. The quantitative estimate of drug-likeness (QED) is 0.0467. The number of carbonyl (C=O) groups is 3. The fourth-order valence-corrected chi connectivity index (χ4v) is 6.97. The van der Waals surface area contributed by atoms with Crippen molar-refractivity contribution in [1.29, 1.82) is 0 Å². The molecule has 14 nitrogen and oxygen atoms in total. The average molecular weight is 799 g/mol. The summed E-state index contributed by atoms with van der Waals surface area (Å²) in [7, 11) is -0.630. The van der Waals surface area contributed by atoms with Crippen LogP contribution in [0, 0.1) is 13.8 Å². The predicted molar refractivity (Wildman–Crippen MR) is 222 cm³/mol. The predicted octanol–water partition coefficient (Wildman–Crippen LogP) is 7.34. The van der Waals surface area contributed by atoms with Gasteiger partial charge in [0.25, 0.3) is 0 Å². The standard InChI is InChI=1S/C20H24N4O.C16H25N2O4P.C6H6N2O/c1-15-22-13-16(14-23-15)8-11-19(25)7-3-2-6-18-10-9-17-5-4-12-21-20(17)24-18;1-21-23(20,22-2)12-15(19)8-4-3-7-14-10-9-13-6-5-11-17-16(13)18-14;1-5-7-2-6(4-9)3-8-5/h8-11,13-14H,2-7,12H2,1H3,(H,21,24);9-10H,3-8,11-12H2,1-2H3,(H,17,18);2-4H,1H3/b11-8+;;. The van der Waals surface area contributed by atoms with Crippen LogP contribution >= 0.6 is 7.60 Å². The number of allylic oxidation sites excluding steroid dienone is 1. The molecule has 2 N–H and O–H groups in total. The van der Waals surface area contributed by atoms with E-state index >= 15 is 0 Å². The Balaban J connectivity index is 0.000000208. The van der Waals surface area contributed by atoms with E-state index in [1.54, 1.807) is 31.5 Å². The molecule has 2 aliphatic rings. The second-order valence-corrected chi connectivity index (χ2v) is 16.1. The first-order chi connectivity index (χ1) is 27.6. The van der Waals surface area contributed by atoms with Crippen LogP contribution in [0.3, 0.4) is 0 Å². The van der Waals surface area contributed by atoms with Crippen molar-refractivity contribution in [1.82, 2.24) is 29.9 Å². The highest BCUT2D eigenvalue weighted by molar-refractivity contribution is 7.54. The number of fused-ring (bicyclic) bond motifs is 2. The molecular formula is C42H55N8O6P. The molecule has 0 unspecified atom stereocenters. The van der Waals surface area contributed by atoms with Crippen molar-refractivity contribution in [2.45, 2.75) is 90.9 Å². The van der Waals surface area contributed by atoms with Crippen molar-refractivity contribution in [2.24, 2.45) is 0 Å². The van der Waals surface area contributed by atoms with E-state index in [2.05, 4.69) is 64.8 Å². The second-order valence-electron chi connectivity index (χ2n) is 13.8. The summed E-state index contributed by atoms with van der Waals surface area (Å²) < 4.78 is 21.4. The average Bonchev–Trinajstić information content (AvgIpc) is 3.24. The number of nitrogens with zero attached hydrogens (tertiary/aromatic N) is 6. The van der Waals surface area contributed by atoms with Gasteiger partial charge in [-0.3, -0.25) is 18.9 Å². The number of hydrogen-bond donors (Lipinski definition) is 2. The molecule has 6 rings (SSSR count). The smallest absolute Gasteiger partial charge is 0.337 e. The summed E-state index contributed by atoms with van der Waals surface area (Å²) >= 11 is 0. The number of aromatic nitrogens is 6. The summed E-state index contributed by atoms with van der Waals surface area (Å²) in [5, 5.41) is 6.69. The van der Waals surface area contributed by atoms with E-state index in [1.165, 1.54) is 44.2 Å². The molecule has 0 atom stereocenters. The van der Waals surface area contributed by atoms with E-state index in [4.69, 9.17) is 9.05 Å². The van der Waals surface area contributed by atoms with Crippen LogP contribution < -0.4 is 10.6 Å². The maximum absolute atomic E-state index is 11.9. The lowest BCUT2D eigenvalue weighted by atomic mass is 10.0. The van der Waals surface area contributed by atoms with Gasteiger partial charge >= 0.3 is 7.60 Å². The summed E-state index contributed by atoms with van der Waals surface area (Å²) in [6, 6.07) is 8.51. The normalized spacial score (nSPS) is 13.1. The summed E-state index contributed by atoms with van der Waals surface area (Å²) in [4.78, 5) is 59.0. The Morgan fingerprint density at radius 3 is 1.70 bits per heavy atom. The van der Waals surface area contributed by atoms with Crippen molar-refractivity contribution < 1.29 is 28.0 Å². The van der Waals surface area contributed by atoms with Crippen molar-refractivity contribution in [3.63, 3.8) is 0 Å². The third-order valence-corrected chi connectivity index (χ3v) is 11.1. The van der Waals surface area contributed by atoms with Crippen molar-refractivity contribution in [2.75, 3.05) is 44.1 Å². The van der Waals surface area contributed by atoms with E-state index in [9.17, 15) is 18.9 Å². The molecule has 15 heteroatoms. The van der Waals surface area contributed by atoms with Gasteiger partial charge in [0.1, 0.15) is 35.2 Å². The highest BCUT2D eigenvalue weighted by Crippen LogP contribution is 2.46. The molecule has 0 fully saturated rings. The Kier molecular flexibility index (Phi) is 18.7. The van der Waals surface area contributed by atoms with Crippen LogP contribution in [0.15, 0.2) is 55.1 Å². The Morgan fingerprint density at radius 1 is 0.719 bits per heavy atom. The van der Waals surface area contributed by atoms with Crippen LogP contribution in [0.25, 0.3) is 6.08 Å². The number of pyridine rings is 2. The molecule has 6 heterocycles. The maximum Gasteiger partial charge on any atom is 0.337 e. The van der Waals surface area contributed by atoms with Gasteiger partial charge in [0.05, 0.1) is 5.56 Å². The fraction of sp³-hybridized carbons (Fsp3) is 0.452. The topological polar surface area (TPSA) is 188 Å². The molecule has 0 bridgehead atoms. The Labute approximate surface area is 335 Å². The fourth-order valence-electron chi connectivity index (χ4n) is 5.97. The molecule has 0 spiro atoms. The van der Waals surface area contributed by atoms with Crippen LogP contribution in [-0.2, 0) is 48.9 Å². The van der Waals surface area contributed by atoms with Crippen LogP contribution in [0.2, 0.25) is 0 Å². The van der Waals surface area contributed by atoms with E-state index in [0.29, 0.717) is 24.2 Å². The van der Waals surface area contributed by atoms with Gasteiger partial charge in [0, 0.05) is 81.9 Å². The van der Waals surface area contributed by atoms with Crippen LogP contribution in [0.4, 0.5) is 11.6 Å². The summed E-state index contributed by atoms with van der Waals surface area (Å²) in [6.07, 6.45) is 21.1. The number of ketones is 2. The molecule has 0 radical (unpaired) electrons. The molecule has 0 aliphatic carbocycles. The molecule has 57 heavy (non-hydrogen) atoms. The van der Waals surface area contributed by atoms with Gasteiger partial charge in [-0.2, -0.15) is 0 Å². The second kappa shape index (κ2) is 23.9. The minimum absolute atomic E-state index is 0.0860. The van der Waals surface area contributed by atoms with Crippen molar-refractivity contribution in [3.8, 4) is 0 Å². The number of aryl methyl sites for hydroxylation is 6. The molecular weight excluding hydrogens is 743 g/mol.